The zero-order chi connectivity index (χ0) is 15.9. The molecule has 0 bridgehead atoms. The third kappa shape index (κ3) is 2.49. The highest BCUT2D eigenvalue weighted by Crippen LogP contribution is 2.35. The van der Waals surface area contributed by atoms with Gasteiger partial charge in [-0.2, -0.15) is 5.10 Å². The summed E-state index contributed by atoms with van der Waals surface area (Å²) in [6, 6.07) is 0.0731. The van der Waals surface area contributed by atoms with Crippen molar-refractivity contribution in [1.82, 2.24) is 24.9 Å². The monoisotopic (exact) mass is 305 g/mol. The van der Waals surface area contributed by atoms with Gasteiger partial charge in [0.25, 0.3) is 0 Å². The molecule has 2 saturated heterocycles. The number of aromatic nitrogens is 2. The van der Waals surface area contributed by atoms with Gasteiger partial charge in [0, 0.05) is 37.4 Å². The molecule has 0 spiro atoms. The summed E-state index contributed by atoms with van der Waals surface area (Å²) in [5.41, 5.74) is 3.58. The maximum atomic E-state index is 11.7. The fraction of sp³-hybridized carbons (Fsp3) is 0.667. The summed E-state index contributed by atoms with van der Waals surface area (Å²) in [5, 5.41) is 7.08. The first-order valence-corrected chi connectivity index (χ1v) is 7.81. The quantitative estimate of drug-likeness (QED) is 0.832. The molecular weight excluding hydrogens is 282 g/mol. The predicted octanol–water partition coefficient (Wildman–Crippen LogP) is 0.726. The number of hydrogen-bond acceptors (Lipinski definition) is 4. The minimum absolute atomic E-state index is 0.128. The van der Waals surface area contributed by atoms with Gasteiger partial charge in [0.15, 0.2) is 0 Å². The predicted molar refractivity (Wildman–Crippen MR) is 81.3 cm³/mol. The first-order chi connectivity index (χ1) is 10.5. The number of carbonyl (C=O) groups excluding carboxylic acids is 2. The summed E-state index contributed by atoms with van der Waals surface area (Å²) >= 11 is 0. The number of nitrogens with one attached hydrogen (secondary N) is 1. The fourth-order valence-electron chi connectivity index (χ4n) is 3.60. The Morgan fingerprint density at radius 1 is 1.27 bits per heavy atom. The molecule has 3 heterocycles. The summed E-state index contributed by atoms with van der Waals surface area (Å²) in [6.45, 7) is 6.46. The van der Waals surface area contributed by atoms with Crippen molar-refractivity contribution in [2.24, 2.45) is 7.05 Å². The highest BCUT2D eigenvalue weighted by Gasteiger charge is 2.33. The lowest BCUT2D eigenvalue weighted by molar-refractivity contribution is -0.125. The van der Waals surface area contributed by atoms with Crippen LogP contribution in [0.4, 0.5) is 4.79 Å². The first kappa shape index (κ1) is 15.0. The lowest BCUT2D eigenvalue weighted by Crippen LogP contribution is -2.38. The van der Waals surface area contributed by atoms with Crippen molar-refractivity contribution in [1.29, 1.82) is 0 Å². The Kier molecular flexibility index (Phi) is 3.90. The lowest BCUT2D eigenvalue weighted by atomic mass is 10.0. The van der Waals surface area contributed by atoms with Crippen LogP contribution in [0.15, 0.2) is 0 Å². The second-order valence-electron chi connectivity index (χ2n) is 6.11. The molecule has 1 atom stereocenters. The molecule has 7 heteroatoms. The molecule has 0 unspecified atom stereocenters. The highest BCUT2D eigenvalue weighted by molar-refractivity contribution is 6.01. The standard InChI is InChI=1S/C15H23N5O2/c1-10-14(11(2)18(3)17-10)12-5-4-6-19(12)7-8-20-13(21)9-16-15(20)22/h12H,4-9H2,1-3H3,(H,16,22)/t12-/m0/s1. The first-order valence-electron chi connectivity index (χ1n) is 7.81. The van der Waals surface area contributed by atoms with E-state index in [2.05, 4.69) is 29.2 Å². The Morgan fingerprint density at radius 3 is 2.64 bits per heavy atom. The zero-order valence-electron chi connectivity index (χ0n) is 13.4. The number of imide groups is 1. The normalized spacial score (nSPS) is 22.7. The van der Waals surface area contributed by atoms with Crippen LogP contribution >= 0.6 is 0 Å². The minimum Gasteiger partial charge on any atom is -0.329 e. The van der Waals surface area contributed by atoms with Crippen LogP contribution in [0.2, 0.25) is 0 Å². The summed E-state index contributed by atoms with van der Waals surface area (Å²) in [5.74, 6) is -0.130. The van der Waals surface area contributed by atoms with Gasteiger partial charge >= 0.3 is 6.03 Å². The van der Waals surface area contributed by atoms with Gasteiger partial charge in [0.2, 0.25) is 5.91 Å². The van der Waals surface area contributed by atoms with E-state index in [0.717, 1.165) is 31.6 Å². The van der Waals surface area contributed by atoms with Crippen LogP contribution in [-0.4, -0.2) is 57.7 Å². The van der Waals surface area contributed by atoms with E-state index in [1.54, 1.807) is 0 Å². The van der Waals surface area contributed by atoms with E-state index in [1.165, 1.54) is 16.2 Å². The second-order valence-corrected chi connectivity index (χ2v) is 6.11. The largest absolute Gasteiger partial charge is 0.329 e. The van der Waals surface area contributed by atoms with E-state index in [-0.39, 0.29) is 18.5 Å². The Morgan fingerprint density at radius 2 is 2.05 bits per heavy atom. The molecule has 120 valence electrons. The molecule has 3 rings (SSSR count). The van der Waals surface area contributed by atoms with Gasteiger partial charge in [0.1, 0.15) is 0 Å². The van der Waals surface area contributed by atoms with E-state index in [1.807, 2.05) is 11.7 Å². The van der Waals surface area contributed by atoms with Crippen LogP contribution in [0.5, 0.6) is 0 Å². The third-order valence-electron chi connectivity index (χ3n) is 4.81. The third-order valence-corrected chi connectivity index (χ3v) is 4.81. The molecule has 1 aromatic rings. The van der Waals surface area contributed by atoms with Gasteiger partial charge in [-0.15, -0.1) is 0 Å². The molecule has 22 heavy (non-hydrogen) atoms. The summed E-state index contributed by atoms with van der Waals surface area (Å²) in [4.78, 5) is 27.0. The molecule has 0 aliphatic carbocycles. The number of rotatable bonds is 4. The molecule has 0 saturated carbocycles. The van der Waals surface area contributed by atoms with Gasteiger partial charge in [-0.1, -0.05) is 0 Å². The minimum atomic E-state index is -0.269. The number of amides is 3. The van der Waals surface area contributed by atoms with Crippen LogP contribution in [-0.2, 0) is 11.8 Å². The smallest absolute Gasteiger partial charge is 0.324 e. The molecule has 2 aliphatic rings. The fourth-order valence-corrected chi connectivity index (χ4v) is 3.60. The van der Waals surface area contributed by atoms with E-state index in [4.69, 9.17) is 0 Å². The van der Waals surface area contributed by atoms with Crippen LogP contribution < -0.4 is 5.32 Å². The topological polar surface area (TPSA) is 70.5 Å². The van der Waals surface area contributed by atoms with Crippen molar-refractivity contribution in [3.63, 3.8) is 0 Å². The molecule has 1 aromatic heterocycles. The Hall–Kier alpha value is -1.89. The number of aryl methyl sites for hydroxylation is 2. The van der Waals surface area contributed by atoms with Gasteiger partial charge in [-0.05, 0) is 33.2 Å². The van der Waals surface area contributed by atoms with Gasteiger partial charge in [-0.3, -0.25) is 19.3 Å². The van der Waals surface area contributed by atoms with Gasteiger partial charge in [0.05, 0.1) is 12.2 Å². The molecule has 0 radical (unpaired) electrons. The van der Waals surface area contributed by atoms with E-state index < -0.39 is 0 Å². The maximum absolute atomic E-state index is 11.7. The molecule has 2 fully saturated rings. The molecule has 1 N–H and O–H groups in total. The zero-order valence-corrected chi connectivity index (χ0v) is 13.4. The van der Waals surface area contributed by atoms with E-state index in [9.17, 15) is 9.59 Å². The van der Waals surface area contributed by atoms with Crippen molar-refractivity contribution in [3.8, 4) is 0 Å². The Labute approximate surface area is 130 Å². The van der Waals surface area contributed by atoms with Gasteiger partial charge in [-0.25, -0.2) is 4.79 Å². The molecule has 2 aliphatic heterocycles. The summed E-state index contributed by atoms with van der Waals surface area (Å²) in [6.07, 6.45) is 2.24. The van der Waals surface area contributed by atoms with Gasteiger partial charge < -0.3 is 5.32 Å². The average molecular weight is 305 g/mol. The molecule has 3 amide bonds. The van der Waals surface area contributed by atoms with Crippen molar-refractivity contribution >= 4 is 11.9 Å². The maximum Gasteiger partial charge on any atom is 0.324 e. The van der Waals surface area contributed by atoms with Crippen LogP contribution in [0, 0.1) is 13.8 Å². The van der Waals surface area contributed by atoms with E-state index in [0.29, 0.717) is 12.6 Å². The van der Waals surface area contributed by atoms with Crippen molar-refractivity contribution in [2.75, 3.05) is 26.2 Å². The number of hydrogen-bond donors (Lipinski definition) is 1. The lowest BCUT2D eigenvalue weighted by Gasteiger charge is -2.26. The second kappa shape index (κ2) is 5.72. The summed E-state index contributed by atoms with van der Waals surface area (Å²) in [7, 11) is 1.97. The summed E-state index contributed by atoms with van der Waals surface area (Å²) < 4.78 is 1.93. The number of urea groups is 1. The Bertz CT molecular complexity index is 593. The number of likely N-dealkylation sites (tertiary alicyclic amines) is 1. The van der Waals surface area contributed by atoms with Crippen LogP contribution in [0.3, 0.4) is 0 Å². The molecule has 0 aromatic carbocycles. The van der Waals surface area contributed by atoms with Crippen molar-refractivity contribution in [3.05, 3.63) is 17.0 Å². The Balaban J connectivity index is 1.71. The number of nitrogens with zero attached hydrogens (tertiary/aromatic N) is 4. The molecular formula is C15H23N5O2. The van der Waals surface area contributed by atoms with Crippen LogP contribution in [0.25, 0.3) is 0 Å². The van der Waals surface area contributed by atoms with E-state index >= 15 is 0 Å². The molecule has 7 nitrogen and oxygen atoms in total. The SMILES string of the molecule is Cc1nn(C)c(C)c1[C@@H]1CCCN1CCN1C(=O)CNC1=O. The van der Waals surface area contributed by atoms with Crippen molar-refractivity contribution in [2.45, 2.75) is 32.7 Å². The highest BCUT2D eigenvalue weighted by atomic mass is 16.2. The number of carbonyl (C=O) groups is 2. The van der Waals surface area contributed by atoms with Crippen molar-refractivity contribution < 1.29 is 9.59 Å². The van der Waals surface area contributed by atoms with Crippen LogP contribution in [0.1, 0.15) is 35.8 Å². The average Bonchev–Trinajstić information content (AvgIpc) is 3.11.